The number of carbonyl (C=O) groups excluding carboxylic acids is 2. The van der Waals surface area contributed by atoms with Crippen LogP contribution in [-0.4, -0.2) is 23.4 Å². The molecule has 0 saturated carbocycles. The molecule has 2 rings (SSSR count). The third kappa shape index (κ3) is 2.74. The number of hydrogen-bond acceptors (Lipinski definition) is 3. The number of carbonyl (C=O) groups is 2. The summed E-state index contributed by atoms with van der Waals surface area (Å²) < 4.78 is 0. The molecule has 0 bridgehead atoms. The van der Waals surface area contributed by atoms with Gasteiger partial charge < -0.3 is 5.32 Å². The minimum absolute atomic E-state index is 0.244. The molecular weight excluding hydrogens is 242 g/mol. The van der Waals surface area contributed by atoms with Crippen LogP contribution in [-0.2, 0) is 4.79 Å². The van der Waals surface area contributed by atoms with Gasteiger partial charge in [0.25, 0.3) is 5.91 Å². The number of amides is 3. The smallest absolute Gasteiger partial charge is 0.322 e. The van der Waals surface area contributed by atoms with E-state index < -0.39 is 6.04 Å². The summed E-state index contributed by atoms with van der Waals surface area (Å²) in [7, 11) is 0. The van der Waals surface area contributed by atoms with E-state index in [1.807, 2.05) is 37.3 Å². The summed E-state index contributed by atoms with van der Waals surface area (Å²) in [5.41, 5.74) is 1.89. The molecule has 3 amide bonds. The Morgan fingerprint density at radius 1 is 1.32 bits per heavy atom. The van der Waals surface area contributed by atoms with Gasteiger partial charge in [-0.15, -0.1) is 0 Å². The van der Waals surface area contributed by atoms with E-state index in [-0.39, 0.29) is 11.9 Å². The number of benzene rings is 1. The standard InChI is InChI=1S/C14H15N3O2/c1-10-4-6-11(7-5-10)12-13(18)17(14(19)16-12)9-3-2-8-15/h4-7,12H,2-3,9H2,1H3,(H,16,19). The number of aryl methyl sites for hydroxylation is 1. The van der Waals surface area contributed by atoms with E-state index in [2.05, 4.69) is 5.32 Å². The maximum absolute atomic E-state index is 12.2. The zero-order chi connectivity index (χ0) is 13.8. The first-order valence-corrected chi connectivity index (χ1v) is 6.19. The number of hydrogen-bond donors (Lipinski definition) is 1. The Labute approximate surface area is 111 Å². The third-order valence-corrected chi connectivity index (χ3v) is 3.11. The Morgan fingerprint density at radius 2 is 2.00 bits per heavy atom. The van der Waals surface area contributed by atoms with Gasteiger partial charge >= 0.3 is 6.03 Å². The largest absolute Gasteiger partial charge is 0.325 e. The van der Waals surface area contributed by atoms with Crippen molar-refractivity contribution in [2.24, 2.45) is 0 Å². The minimum Gasteiger partial charge on any atom is -0.322 e. The molecule has 19 heavy (non-hydrogen) atoms. The minimum atomic E-state index is -0.602. The maximum Gasteiger partial charge on any atom is 0.325 e. The Kier molecular flexibility index (Phi) is 3.81. The Morgan fingerprint density at radius 3 is 2.63 bits per heavy atom. The molecule has 5 nitrogen and oxygen atoms in total. The molecule has 1 aliphatic heterocycles. The Bertz CT molecular complexity index is 531. The fourth-order valence-corrected chi connectivity index (χ4v) is 2.03. The van der Waals surface area contributed by atoms with Gasteiger partial charge in [-0.1, -0.05) is 29.8 Å². The van der Waals surface area contributed by atoms with Gasteiger partial charge in [-0.25, -0.2) is 4.79 Å². The lowest BCUT2D eigenvalue weighted by atomic mass is 10.1. The monoisotopic (exact) mass is 257 g/mol. The number of nitrogens with one attached hydrogen (secondary N) is 1. The second-order valence-corrected chi connectivity index (χ2v) is 4.54. The average Bonchev–Trinajstić information content (AvgIpc) is 2.68. The second-order valence-electron chi connectivity index (χ2n) is 4.54. The molecular formula is C14H15N3O2. The van der Waals surface area contributed by atoms with Gasteiger partial charge in [-0.2, -0.15) is 5.26 Å². The molecule has 1 N–H and O–H groups in total. The summed E-state index contributed by atoms with van der Waals surface area (Å²) in [5, 5.41) is 11.1. The number of rotatable bonds is 4. The van der Waals surface area contributed by atoms with Crippen molar-refractivity contribution in [2.75, 3.05) is 6.54 Å². The van der Waals surface area contributed by atoms with Crippen molar-refractivity contribution in [3.63, 3.8) is 0 Å². The van der Waals surface area contributed by atoms with Crippen molar-refractivity contribution in [1.82, 2.24) is 10.2 Å². The molecule has 1 heterocycles. The van der Waals surface area contributed by atoms with Gasteiger partial charge in [0.15, 0.2) is 0 Å². The summed E-state index contributed by atoms with van der Waals surface area (Å²) in [6, 6.07) is 8.53. The molecule has 0 radical (unpaired) electrons. The molecule has 1 unspecified atom stereocenters. The second kappa shape index (κ2) is 5.53. The van der Waals surface area contributed by atoms with Crippen molar-refractivity contribution in [1.29, 1.82) is 5.26 Å². The molecule has 1 aliphatic rings. The van der Waals surface area contributed by atoms with Crippen LogP contribution >= 0.6 is 0 Å². The first kappa shape index (κ1) is 13.1. The van der Waals surface area contributed by atoms with Crippen LogP contribution in [0.4, 0.5) is 4.79 Å². The molecule has 1 fully saturated rings. The van der Waals surface area contributed by atoms with Crippen LogP contribution in [0.3, 0.4) is 0 Å². The SMILES string of the molecule is Cc1ccc(C2NC(=O)N(CCCC#N)C2=O)cc1. The van der Waals surface area contributed by atoms with Gasteiger partial charge in [-0.3, -0.25) is 9.69 Å². The lowest BCUT2D eigenvalue weighted by molar-refractivity contribution is -0.127. The average molecular weight is 257 g/mol. The van der Waals surface area contributed by atoms with E-state index in [0.717, 1.165) is 11.1 Å². The van der Waals surface area contributed by atoms with Crippen LogP contribution in [0.1, 0.15) is 30.0 Å². The number of unbranched alkanes of at least 4 members (excludes halogenated alkanes) is 1. The highest BCUT2D eigenvalue weighted by Crippen LogP contribution is 2.22. The topological polar surface area (TPSA) is 73.2 Å². The van der Waals surface area contributed by atoms with Crippen LogP contribution in [0.2, 0.25) is 0 Å². The normalized spacial score (nSPS) is 18.3. The highest BCUT2D eigenvalue weighted by atomic mass is 16.2. The van der Waals surface area contributed by atoms with E-state index in [4.69, 9.17) is 5.26 Å². The van der Waals surface area contributed by atoms with Crippen LogP contribution in [0.25, 0.3) is 0 Å². The first-order valence-electron chi connectivity index (χ1n) is 6.19. The van der Waals surface area contributed by atoms with Crippen molar-refractivity contribution in [3.8, 4) is 6.07 Å². The quantitative estimate of drug-likeness (QED) is 0.661. The van der Waals surface area contributed by atoms with E-state index >= 15 is 0 Å². The van der Waals surface area contributed by atoms with E-state index in [0.29, 0.717) is 19.4 Å². The summed E-state index contributed by atoms with van der Waals surface area (Å²) in [6.07, 6.45) is 0.850. The lowest BCUT2D eigenvalue weighted by Crippen LogP contribution is -2.31. The number of imide groups is 1. The van der Waals surface area contributed by atoms with Gasteiger partial charge in [-0.05, 0) is 18.9 Å². The lowest BCUT2D eigenvalue weighted by Gasteiger charge is -2.12. The summed E-state index contributed by atoms with van der Waals surface area (Å²) in [5.74, 6) is -0.244. The molecule has 1 aromatic carbocycles. The number of nitrogens with zero attached hydrogens (tertiary/aromatic N) is 2. The number of urea groups is 1. The molecule has 98 valence electrons. The van der Waals surface area contributed by atoms with Crippen LogP contribution in [0.5, 0.6) is 0 Å². The van der Waals surface area contributed by atoms with Gasteiger partial charge in [0, 0.05) is 13.0 Å². The van der Waals surface area contributed by atoms with Crippen molar-refractivity contribution in [3.05, 3.63) is 35.4 Å². The predicted molar refractivity (Wildman–Crippen MR) is 69.0 cm³/mol. The predicted octanol–water partition coefficient (Wildman–Crippen LogP) is 1.89. The van der Waals surface area contributed by atoms with E-state index in [9.17, 15) is 9.59 Å². The van der Waals surface area contributed by atoms with E-state index in [1.165, 1.54) is 4.90 Å². The van der Waals surface area contributed by atoms with Crippen molar-refractivity contribution >= 4 is 11.9 Å². The molecule has 5 heteroatoms. The Balaban J connectivity index is 2.09. The molecule has 1 saturated heterocycles. The first-order chi connectivity index (χ1) is 9.13. The van der Waals surface area contributed by atoms with Gasteiger partial charge in [0.1, 0.15) is 6.04 Å². The molecule has 0 aliphatic carbocycles. The molecule has 1 atom stereocenters. The Hall–Kier alpha value is -2.35. The molecule has 0 aromatic heterocycles. The zero-order valence-corrected chi connectivity index (χ0v) is 10.7. The van der Waals surface area contributed by atoms with E-state index in [1.54, 1.807) is 0 Å². The zero-order valence-electron chi connectivity index (χ0n) is 10.7. The fraction of sp³-hybridized carbons (Fsp3) is 0.357. The highest BCUT2D eigenvalue weighted by molar-refractivity contribution is 6.04. The third-order valence-electron chi connectivity index (χ3n) is 3.11. The fourth-order valence-electron chi connectivity index (χ4n) is 2.03. The van der Waals surface area contributed by atoms with Crippen LogP contribution in [0, 0.1) is 18.3 Å². The van der Waals surface area contributed by atoms with Crippen molar-refractivity contribution < 1.29 is 9.59 Å². The summed E-state index contributed by atoms with van der Waals surface area (Å²) in [6.45, 7) is 2.26. The van der Waals surface area contributed by atoms with Crippen LogP contribution in [0.15, 0.2) is 24.3 Å². The maximum atomic E-state index is 12.2. The summed E-state index contributed by atoms with van der Waals surface area (Å²) >= 11 is 0. The highest BCUT2D eigenvalue weighted by Gasteiger charge is 2.38. The van der Waals surface area contributed by atoms with Crippen molar-refractivity contribution in [2.45, 2.75) is 25.8 Å². The molecule has 1 aromatic rings. The summed E-state index contributed by atoms with van der Waals surface area (Å²) in [4.78, 5) is 25.1. The van der Waals surface area contributed by atoms with Crippen LogP contribution < -0.4 is 5.32 Å². The molecule has 0 spiro atoms. The van der Waals surface area contributed by atoms with Gasteiger partial charge in [0.2, 0.25) is 0 Å². The van der Waals surface area contributed by atoms with Gasteiger partial charge in [0.05, 0.1) is 6.07 Å². The number of nitriles is 1.